The minimum atomic E-state index is -0.155. The first-order valence-electron chi connectivity index (χ1n) is 5.55. The molecule has 0 saturated carbocycles. The van der Waals surface area contributed by atoms with E-state index in [0.717, 1.165) is 11.4 Å². The van der Waals surface area contributed by atoms with Crippen molar-refractivity contribution < 1.29 is 4.79 Å². The summed E-state index contributed by atoms with van der Waals surface area (Å²) in [5.41, 5.74) is 8.02. The van der Waals surface area contributed by atoms with Crippen molar-refractivity contribution in [3.05, 3.63) is 23.7 Å². The van der Waals surface area contributed by atoms with Gasteiger partial charge in [-0.05, 0) is 13.8 Å². The van der Waals surface area contributed by atoms with E-state index in [1.807, 2.05) is 20.9 Å². The van der Waals surface area contributed by atoms with Gasteiger partial charge in [0.1, 0.15) is 12.4 Å². The number of amides is 1. The quantitative estimate of drug-likeness (QED) is 0.825. The van der Waals surface area contributed by atoms with Gasteiger partial charge >= 0.3 is 0 Å². The Morgan fingerprint density at radius 1 is 1.50 bits per heavy atom. The third kappa shape index (κ3) is 2.34. The van der Waals surface area contributed by atoms with Crippen molar-refractivity contribution in [2.75, 3.05) is 11.1 Å². The van der Waals surface area contributed by atoms with Crippen molar-refractivity contribution in [2.45, 2.75) is 20.4 Å². The van der Waals surface area contributed by atoms with Crippen LogP contribution in [0.15, 0.2) is 12.3 Å². The molecular weight excluding hydrogens is 232 g/mol. The molecular formula is C11H16N6O. The van der Waals surface area contributed by atoms with E-state index in [-0.39, 0.29) is 12.5 Å². The first-order chi connectivity index (χ1) is 8.47. The molecule has 2 aromatic heterocycles. The number of rotatable bonds is 3. The van der Waals surface area contributed by atoms with Gasteiger partial charge in [0.2, 0.25) is 5.91 Å². The zero-order valence-corrected chi connectivity index (χ0v) is 10.6. The van der Waals surface area contributed by atoms with Crippen LogP contribution in [0.25, 0.3) is 0 Å². The third-order valence-corrected chi connectivity index (χ3v) is 2.80. The number of carbonyl (C=O) groups excluding carboxylic acids is 1. The van der Waals surface area contributed by atoms with Crippen molar-refractivity contribution in [3.63, 3.8) is 0 Å². The molecule has 0 aliphatic rings. The topological polar surface area (TPSA) is 90.8 Å². The molecule has 0 fully saturated rings. The maximum absolute atomic E-state index is 11.9. The van der Waals surface area contributed by atoms with E-state index < -0.39 is 0 Å². The van der Waals surface area contributed by atoms with Crippen LogP contribution in [0.3, 0.4) is 0 Å². The van der Waals surface area contributed by atoms with Crippen LogP contribution in [0.4, 0.5) is 11.5 Å². The van der Waals surface area contributed by atoms with Crippen LogP contribution in [0.5, 0.6) is 0 Å². The largest absolute Gasteiger partial charge is 0.382 e. The molecule has 0 aliphatic heterocycles. The Morgan fingerprint density at radius 2 is 2.22 bits per heavy atom. The number of hydrogen-bond donors (Lipinski definition) is 2. The molecule has 0 radical (unpaired) electrons. The van der Waals surface area contributed by atoms with Gasteiger partial charge in [-0.2, -0.15) is 10.2 Å². The number of nitrogens with one attached hydrogen (secondary N) is 1. The van der Waals surface area contributed by atoms with Crippen LogP contribution in [0.2, 0.25) is 0 Å². The van der Waals surface area contributed by atoms with E-state index in [1.54, 1.807) is 21.6 Å². The highest BCUT2D eigenvalue weighted by Crippen LogP contribution is 2.12. The number of aryl methyl sites for hydroxylation is 2. The molecule has 0 aromatic carbocycles. The molecule has 0 atom stereocenters. The van der Waals surface area contributed by atoms with Gasteiger partial charge in [-0.3, -0.25) is 14.2 Å². The van der Waals surface area contributed by atoms with Gasteiger partial charge in [0.05, 0.1) is 17.6 Å². The molecule has 0 saturated heterocycles. The van der Waals surface area contributed by atoms with Gasteiger partial charge in [-0.15, -0.1) is 0 Å². The SMILES string of the molecule is Cc1c(NC(=O)Cn2nc(N)cc2C)cnn1C. The predicted molar refractivity (Wildman–Crippen MR) is 68.0 cm³/mol. The maximum atomic E-state index is 11.9. The summed E-state index contributed by atoms with van der Waals surface area (Å²) in [6.45, 7) is 3.88. The molecule has 7 heteroatoms. The molecule has 0 bridgehead atoms. The monoisotopic (exact) mass is 248 g/mol. The normalized spacial score (nSPS) is 10.6. The Balaban J connectivity index is 2.05. The molecule has 18 heavy (non-hydrogen) atoms. The minimum Gasteiger partial charge on any atom is -0.382 e. The van der Waals surface area contributed by atoms with Crippen molar-refractivity contribution in [1.29, 1.82) is 0 Å². The Hall–Kier alpha value is -2.31. The molecule has 7 nitrogen and oxygen atoms in total. The second kappa shape index (κ2) is 4.52. The third-order valence-electron chi connectivity index (χ3n) is 2.80. The van der Waals surface area contributed by atoms with Crippen LogP contribution in [-0.2, 0) is 18.4 Å². The highest BCUT2D eigenvalue weighted by Gasteiger charge is 2.10. The highest BCUT2D eigenvalue weighted by atomic mass is 16.2. The Bertz CT molecular complexity index is 576. The van der Waals surface area contributed by atoms with Crippen molar-refractivity contribution >= 4 is 17.4 Å². The van der Waals surface area contributed by atoms with E-state index in [0.29, 0.717) is 11.5 Å². The van der Waals surface area contributed by atoms with Crippen molar-refractivity contribution in [2.24, 2.45) is 7.05 Å². The van der Waals surface area contributed by atoms with E-state index >= 15 is 0 Å². The lowest BCUT2D eigenvalue weighted by Gasteiger charge is -2.06. The number of nitrogens with two attached hydrogens (primary N) is 1. The van der Waals surface area contributed by atoms with Crippen LogP contribution < -0.4 is 11.1 Å². The number of nitrogens with zero attached hydrogens (tertiary/aromatic N) is 4. The Morgan fingerprint density at radius 3 is 2.72 bits per heavy atom. The molecule has 0 aliphatic carbocycles. The van der Waals surface area contributed by atoms with E-state index in [2.05, 4.69) is 15.5 Å². The van der Waals surface area contributed by atoms with E-state index in [4.69, 9.17) is 5.73 Å². The zero-order chi connectivity index (χ0) is 13.3. The second-order valence-electron chi connectivity index (χ2n) is 4.18. The fourth-order valence-electron chi connectivity index (χ4n) is 1.64. The number of carbonyl (C=O) groups is 1. The molecule has 2 heterocycles. The molecule has 2 aromatic rings. The van der Waals surface area contributed by atoms with Gasteiger partial charge in [0.25, 0.3) is 0 Å². The first-order valence-corrected chi connectivity index (χ1v) is 5.55. The summed E-state index contributed by atoms with van der Waals surface area (Å²) < 4.78 is 3.27. The molecule has 96 valence electrons. The summed E-state index contributed by atoms with van der Waals surface area (Å²) in [6.07, 6.45) is 1.62. The van der Waals surface area contributed by atoms with Gasteiger partial charge in [0, 0.05) is 18.8 Å². The van der Waals surface area contributed by atoms with Crippen molar-refractivity contribution in [3.8, 4) is 0 Å². The summed E-state index contributed by atoms with van der Waals surface area (Å²) >= 11 is 0. The van der Waals surface area contributed by atoms with Gasteiger partial charge in [-0.1, -0.05) is 0 Å². The molecule has 0 spiro atoms. The Labute approximate surface area is 105 Å². The van der Waals surface area contributed by atoms with Gasteiger partial charge in [0.15, 0.2) is 0 Å². The summed E-state index contributed by atoms with van der Waals surface area (Å²) in [5.74, 6) is 0.259. The number of aromatic nitrogens is 4. The average Bonchev–Trinajstić information content (AvgIpc) is 2.76. The predicted octanol–water partition coefficient (Wildman–Crippen LogP) is 0.454. The maximum Gasteiger partial charge on any atom is 0.246 e. The number of nitrogen functional groups attached to an aromatic ring is 1. The van der Waals surface area contributed by atoms with E-state index in [9.17, 15) is 4.79 Å². The summed E-state index contributed by atoms with van der Waals surface area (Å²) in [6, 6.07) is 1.72. The van der Waals surface area contributed by atoms with Crippen LogP contribution >= 0.6 is 0 Å². The lowest BCUT2D eigenvalue weighted by atomic mass is 10.4. The van der Waals surface area contributed by atoms with Crippen LogP contribution in [-0.4, -0.2) is 25.5 Å². The van der Waals surface area contributed by atoms with Gasteiger partial charge < -0.3 is 11.1 Å². The summed E-state index contributed by atoms with van der Waals surface area (Å²) in [5, 5.41) is 10.9. The summed E-state index contributed by atoms with van der Waals surface area (Å²) in [4.78, 5) is 11.9. The molecule has 2 rings (SSSR count). The molecule has 1 amide bonds. The molecule has 0 unspecified atom stereocenters. The second-order valence-corrected chi connectivity index (χ2v) is 4.18. The molecule has 3 N–H and O–H groups in total. The average molecular weight is 248 g/mol. The zero-order valence-electron chi connectivity index (χ0n) is 10.6. The number of hydrogen-bond acceptors (Lipinski definition) is 4. The first kappa shape index (κ1) is 12.2. The van der Waals surface area contributed by atoms with Crippen molar-refractivity contribution in [1.82, 2.24) is 19.6 Å². The lowest BCUT2D eigenvalue weighted by Crippen LogP contribution is -2.20. The summed E-state index contributed by atoms with van der Waals surface area (Å²) in [7, 11) is 1.82. The minimum absolute atomic E-state index is 0.136. The highest BCUT2D eigenvalue weighted by molar-refractivity contribution is 5.90. The van der Waals surface area contributed by atoms with Crippen LogP contribution in [0.1, 0.15) is 11.4 Å². The fourth-order valence-corrected chi connectivity index (χ4v) is 1.64. The Kier molecular flexibility index (Phi) is 3.05. The fraction of sp³-hybridized carbons (Fsp3) is 0.364. The van der Waals surface area contributed by atoms with E-state index in [1.165, 1.54) is 0 Å². The standard InChI is InChI=1S/C11H16N6O/c1-7-4-10(12)15-17(7)6-11(18)14-9-5-13-16(3)8(9)2/h4-5H,6H2,1-3H3,(H2,12,15)(H,14,18). The van der Waals surface area contributed by atoms with Crippen LogP contribution in [0, 0.1) is 13.8 Å². The number of anilines is 2. The smallest absolute Gasteiger partial charge is 0.246 e. The van der Waals surface area contributed by atoms with Gasteiger partial charge in [-0.25, -0.2) is 0 Å². The lowest BCUT2D eigenvalue weighted by molar-refractivity contribution is -0.116.